The molecule has 0 aliphatic carbocycles. The van der Waals surface area contributed by atoms with Gasteiger partial charge in [0, 0.05) is 29.7 Å². The average molecular weight is 282 g/mol. The topological polar surface area (TPSA) is 43.7 Å². The summed E-state index contributed by atoms with van der Waals surface area (Å²) < 4.78 is 15.0. The molecule has 0 saturated carbocycles. The summed E-state index contributed by atoms with van der Waals surface area (Å²) in [7, 11) is 1.65. The molecule has 0 bridgehead atoms. The van der Waals surface area contributed by atoms with Crippen molar-refractivity contribution in [2.45, 2.75) is 32.4 Å². The number of aromatic nitrogens is 1. The molecule has 0 amide bonds. The fraction of sp³-hybridized carbons (Fsp3) is 0.571. The Morgan fingerprint density at radius 3 is 2.58 bits per heavy atom. The predicted molar refractivity (Wildman–Crippen MR) is 81.2 cm³/mol. The first-order valence-corrected chi connectivity index (χ1v) is 7.00. The van der Waals surface area contributed by atoms with Crippen LogP contribution in [0.2, 0.25) is 0 Å². The van der Waals surface area contributed by atoms with E-state index in [0.29, 0.717) is 19.1 Å². The summed E-state index contributed by atoms with van der Waals surface area (Å²) in [6.45, 7) is 9.47. The largest absolute Gasteiger partial charge is 0.475 e. The number of pyridine rings is 1. The molecule has 0 aliphatic heterocycles. The first-order valence-electron chi connectivity index (χ1n) is 6.23. The highest BCUT2D eigenvalue weighted by molar-refractivity contribution is 7.99. The Balaban J connectivity index is 2.60. The van der Waals surface area contributed by atoms with Crippen molar-refractivity contribution in [1.29, 1.82) is 0 Å². The summed E-state index contributed by atoms with van der Waals surface area (Å²) in [6.07, 6.45) is 1.78. The minimum atomic E-state index is 0.123. The Hall–Kier alpha value is -1.07. The fourth-order valence-corrected chi connectivity index (χ4v) is 1.68. The van der Waals surface area contributed by atoms with Crippen molar-refractivity contribution in [3.8, 4) is 5.88 Å². The van der Waals surface area contributed by atoms with Gasteiger partial charge in [-0.05, 0) is 45.7 Å². The second-order valence-electron chi connectivity index (χ2n) is 5.11. The van der Waals surface area contributed by atoms with E-state index in [1.165, 1.54) is 0 Å². The van der Waals surface area contributed by atoms with E-state index < -0.39 is 0 Å². The van der Waals surface area contributed by atoms with Crippen LogP contribution in [0.25, 0.3) is 0 Å². The molecule has 1 heterocycles. The number of hydrogen-bond acceptors (Lipinski definition) is 5. The van der Waals surface area contributed by atoms with Crippen molar-refractivity contribution in [2.24, 2.45) is 4.40 Å². The lowest BCUT2D eigenvalue weighted by atomic mass is 10.2. The van der Waals surface area contributed by atoms with E-state index in [4.69, 9.17) is 9.47 Å². The molecule has 5 heteroatoms. The first kappa shape index (κ1) is 16.0. The van der Waals surface area contributed by atoms with Crippen molar-refractivity contribution < 1.29 is 9.47 Å². The minimum Gasteiger partial charge on any atom is -0.475 e. The van der Waals surface area contributed by atoms with Crippen LogP contribution in [0.4, 0.5) is 0 Å². The van der Waals surface area contributed by atoms with E-state index >= 15 is 0 Å². The molecule has 19 heavy (non-hydrogen) atoms. The van der Waals surface area contributed by atoms with E-state index in [1.807, 2.05) is 19.1 Å². The molecular formula is C14H22N2O2S. The molecular weight excluding hydrogens is 260 g/mol. The van der Waals surface area contributed by atoms with E-state index in [0.717, 1.165) is 11.3 Å². The summed E-state index contributed by atoms with van der Waals surface area (Å²) in [5.41, 5.74) is 1.98. The average Bonchev–Trinajstić information content (AvgIpc) is 2.36. The van der Waals surface area contributed by atoms with Gasteiger partial charge in [0.1, 0.15) is 6.61 Å². The Labute approximate surface area is 119 Å². The molecule has 0 saturated heterocycles. The van der Waals surface area contributed by atoms with Gasteiger partial charge in [-0.2, -0.15) is 0 Å². The molecule has 1 aromatic rings. The van der Waals surface area contributed by atoms with Crippen LogP contribution in [-0.2, 0) is 4.74 Å². The molecule has 0 spiro atoms. The molecule has 0 radical (unpaired) electrons. The number of ether oxygens (including phenoxy) is 2. The summed E-state index contributed by atoms with van der Waals surface area (Å²) in [5, 5.41) is 0. The van der Waals surface area contributed by atoms with Gasteiger partial charge in [-0.1, -0.05) is 0 Å². The fourth-order valence-electron chi connectivity index (χ4n) is 1.17. The van der Waals surface area contributed by atoms with Crippen molar-refractivity contribution in [1.82, 2.24) is 4.98 Å². The van der Waals surface area contributed by atoms with E-state index in [2.05, 4.69) is 30.2 Å². The van der Waals surface area contributed by atoms with Gasteiger partial charge in [0.25, 0.3) is 0 Å². The summed E-state index contributed by atoms with van der Waals surface area (Å²) in [4.78, 5) is 4.25. The second kappa shape index (κ2) is 7.50. The maximum Gasteiger partial charge on any atom is 0.213 e. The SMILES string of the molecule is COCCOc1ccc(C(C)=NSC(C)(C)C)cn1. The molecule has 4 nitrogen and oxygen atoms in total. The van der Waals surface area contributed by atoms with Gasteiger partial charge in [0.05, 0.1) is 12.3 Å². The number of methoxy groups -OCH3 is 1. The lowest BCUT2D eigenvalue weighted by molar-refractivity contribution is 0.144. The third-order valence-electron chi connectivity index (χ3n) is 2.15. The molecule has 1 aromatic heterocycles. The van der Waals surface area contributed by atoms with Gasteiger partial charge >= 0.3 is 0 Å². The molecule has 1 rings (SSSR count). The summed E-state index contributed by atoms with van der Waals surface area (Å²) in [6, 6.07) is 3.82. The van der Waals surface area contributed by atoms with Crippen LogP contribution in [0.1, 0.15) is 33.3 Å². The number of hydrogen-bond donors (Lipinski definition) is 0. The molecule has 0 atom stereocenters. The predicted octanol–water partition coefficient (Wildman–Crippen LogP) is 3.36. The van der Waals surface area contributed by atoms with Crippen LogP contribution in [0, 0.1) is 0 Å². The molecule has 0 aliphatic rings. The van der Waals surface area contributed by atoms with Gasteiger partial charge in [-0.3, -0.25) is 0 Å². The van der Waals surface area contributed by atoms with Crippen LogP contribution >= 0.6 is 11.9 Å². The quantitative estimate of drug-likeness (QED) is 0.456. The van der Waals surface area contributed by atoms with Gasteiger partial charge in [-0.15, -0.1) is 0 Å². The number of nitrogens with zero attached hydrogens (tertiary/aromatic N) is 2. The van der Waals surface area contributed by atoms with E-state index in [1.54, 1.807) is 25.3 Å². The number of rotatable bonds is 6. The van der Waals surface area contributed by atoms with Gasteiger partial charge in [0.2, 0.25) is 5.88 Å². The monoisotopic (exact) mass is 282 g/mol. The van der Waals surface area contributed by atoms with Crippen molar-refractivity contribution in [3.63, 3.8) is 0 Å². The third kappa shape index (κ3) is 6.59. The summed E-state index contributed by atoms with van der Waals surface area (Å²) >= 11 is 1.57. The van der Waals surface area contributed by atoms with E-state index in [9.17, 15) is 0 Å². The van der Waals surface area contributed by atoms with Gasteiger partial charge in [-0.25, -0.2) is 9.38 Å². The standard InChI is InChI=1S/C14H22N2O2S/c1-11(16-19-14(2,3)4)12-6-7-13(15-10-12)18-9-8-17-5/h6-7,10H,8-9H2,1-5H3. The van der Waals surface area contributed by atoms with Crippen LogP contribution in [0.3, 0.4) is 0 Å². The van der Waals surface area contributed by atoms with Crippen LogP contribution in [0.15, 0.2) is 22.7 Å². The molecule has 0 fully saturated rings. The Morgan fingerprint density at radius 1 is 1.32 bits per heavy atom. The first-order chi connectivity index (χ1) is 8.92. The molecule has 0 unspecified atom stereocenters. The summed E-state index contributed by atoms with van der Waals surface area (Å²) in [5.74, 6) is 0.608. The zero-order valence-corrected chi connectivity index (χ0v) is 13.1. The van der Waals surface area contributed by atoms with Crippen LogP contribution in [0.5, 0.6) is 5.88 Å². The second-order valence-corrected chi connectivity index (χ2v) is 6.70. The zero-order chi connectivity index (χ0) is 14.3. The van der Waals surface area contributed by atoms with E-state index in [-0.39, 0.29) is 4.75 Å². The minimum absolute atomic E-state index is 0.123. The van der Waals surface area contributed by atoms with Crippen molar-refractivity contribution in [3.05, 3.63) is 23.9 Å². The third-order valence-corrected chi connectivity index (χ3v) is 3.06. The van der Waals surface area contributed by atoms with Crippen LogP contribution < -0.4 is 4.74 Å². The lowest BCUT2D eigenvalue weighted by Crippen LogP contribution is -2.07. The zero-order valence-electron chi connectivity index (χ0n) is 12.3. The van der Waals surface area contributed by atoms with Crippen molar-refractivity contribution in [2.75, 3.05) is 20.3 Å². The smallest absolute Gasteiger partial charge is 0.213 e. The Bertz CT molecular complexity index is 410. The maximum absolute atomic E-state index is 5.41. The van der Waals surface area contributed by atoms with Gasteiger partial charge < -0.3 is 9.47 Å². The lowest BCUT2D eigenvalue weighted by Gasteiger charge is -2.13. The molecule has 106 valence electrons. The molecule has 0 N–H and O–H groups in total. The maximum atomic E-state index is 5.41. The Morgan fingerprint density at radius 2 is 2.05 bits per heavy atom. The Kier molecular flexibility index (Phi) is 6.31. The van der Waals surface area contributed by atoms with Gasteiger partial charge in [0.15, 0.2) is 0 Å². The molecule has 0 aromatic carbocycles. The highest BCUT2D eigenvalue weighted by Gasteiger charge is 2.10. The highest BCUT2D eigenvalue weighted by atomic mass is 32.2. The van der Waals surface area contributed by atoms with Crippen molar-refractivity contribution >= 4 is 17.7 Å². The normalized spacial score (nSPS) is 12.6. The highest BCUT2D eigenvalue weighted by Crippen LogP contribution is 2.25. The van der Waals surface area contributed by atoms with Crippen LogP contribution in [-0.4, -0.2) is 35.8 Å².